The Kier molecular flexibility index (Phi) is 5.65. The van der Waals surface area contributed by atoms with E-state index in [9.17, 15) is 8.42 Å². The number of aromatic nitrogens is 2. The number of halogens is 1. The first-order valence-electron chi connectivity index (χ1n) is 7.17. The summed E-state index contributed by atoms with van der Waals surface area (Å²) < 4.78 is 28.1. The third kappa shape index (κ3) is 4.18. The van der Waals surface area contributed by atoms with Crippen LogP contribution in [0.15, 0.2) is 17.3 Å². The van der Waals surface area contributed by atoms with Crippen LogP contribution in [-0.2, 0) is 16.6 Å². The van der Waals surface area contributed by atoms with E-state index in [0.717, 1.165) is 25.9 Å². The Balaban J connectivity index is 2.01. The topological polar surface area (TPSA) is 58.4 Å². The van der Waals surface area contributed by atoms with Crippen molar-refractivity contribution in [2.45, 2.75) is 24.3 Å². The lowest BCUT2D eigenvalue weighted by Crippen LogP contribution is -2.32. The van der Waals surface area contributed by atoms with Crippen LogP contribution in [0.4, 0.5) is 0 Å². The Hall–Kier alpha value is -0.630. The van der Waals surface area contributed by atoms with Gasteiger partial charge in [-0.1, -0.05) is 0 Å². The first-order valence-corrected chi connectivity index (χ1v) is 9.14. The van der Waals surface area contributed by atoms with E-state index in [4.69, 9.17) is 11.6 Å². The van der Waals surface area contributed by atoms with Crippen LogP contribution in [0.25, 0.3) is 0 Å². The van der Waals surface area contributed by atoms with E-state index in [1.807, 2.05) is 0 Å². The van der Waals surface area contributed by atoms with E-state index in [0.29, 0.717) is 24.9 Å². The molecule has 1 aromatic rings. The van der Waals surface area contributed by atoms with Crippen molar-refractivity contribution in [3.63, 3.8) is 0 Å². The number of hydrogen-bond acceptors (Lipinski definition) is 4. The summed E-state index contributed by atoms with van der Waals surface area (Å²) in [6, 6.07) is 0. The second kappa shape index (κ2) is 7.09. The minimum absolute atomic E-state index is 0.255. The molecule has 0 aliphatic carbocycles. The largest absolute Gasteiger partial charge is 0.306 e. The van der Waals surface area contributed by atoms with Crippen LogP contribution < -0.4 is 0 Å². The molecule has 1 aromatic heterocycles. The zero-order chi connectivity index (χ0) is 15.5. The molecule has 1 fully saturated rings. The summed E-state index contributed by atoms with van der Waals surface area (Å²) in [6.07, 6.45) is 4.82. The fourth-order valence-electron chi connectivity index (χ4n) is 2.64. The van der Waals surface area contributed by atoms with Gasteiger partial charge in [-0.15, -0.1) is 11.6 Å². The van der Waals surface area contributed by atoms with Gasteiger partial charge in [0.15, 0.2) is 0 Å². The van der Waals surface area contributed by atoms with Crippen LogP contribution in [0.3, 0.4) is 0 Å². The number of alkyl halides is 1. The SMILES string of the molecule is CN1CCC(CN(C)S(=O)(=O)c2cnn(CCCCl)c2)C1. The number of likely N-dealkylation sites (tertiary alicyclic amines) is 1. The molecule has 0 saturated carbocycles. The van der Waals surface area contributed by atoms with Gasteiger partial charge in [-0.2, -0.15) is 5.10 Å². The number of rotatable bonds is 7. The highest BCUT2D eigenvalue weighted by atomic mass is 35.5. The molecular weight excluding hydrogens is 312 g/mol. The predicted octanol–water partition coefficient (Wildman–Crippen LogP) is 1.08. The van der Waals surface area contributed by atoms with Crippen molar-refractivity contribution in [3.05, 3.63) is 12.4 Å². The van der Waals surface area contributed by atoms with Gasteiger partial charge >= 0.3 is 0 Å². The molecule has 1 atom stereocenters. The van der Waals surface area contributed by atoms with E-state index in [2.05, 4.69) is 17.0 Å². The second-order valence-electron chi connectivity index (χ2n) is 5.68. The Morgan fingerprint density at radius 1 is 1.52 bits per heavy atom. The molecule has 0 spiro atoms. The fraction of sp³-hybridized carbons (Fsp3) is 0.769. The Labute approximate surface area is 131 Å². The number of nitrogens with zero attached hydrogens (tertiary/aromatic N) is 4. The Morgan fingerprint density at radius 3 is 2.90 bits per heavy atom. The molecule has 6 nitrogen and oxygen atoms in total. The Morgan fingerprint density at radius 2 is 2.29 bits per heavy atom. The van der Waals surface area contributed by atoms with Crippen LogP contribution in [0.2, 0.25) is 0 Å². The first-order chi connectivity index (χ1) is 9.93. The zero-order valence-corrected chi connectivity index (χ0v) is 14.1. The maximum atomic E-state index is 12.5. The van der Waals surface area contributed by atoms with Gasteiger partial charge in [0.2, 0.25) is 10.0 Å². The molecule has 1 saturated heterocycles. The summed E-state index contributed by atoms with van der Waals surface area (Å²) in [6.45, 7) is 3.18. The van der Waals surface area contributed by atoms with Crippen LogP contribution >= 0.6 is 11.6 Å². The van der Waals surface area contributed by atoms with Gasteiger partial charge in [-0.3, -0.25) is 4.68 Å². The van der Waals surface area contributed by atoms with Gasteiger partial charge in [0.25, 0.3) is 0 Å². The number of sulfonamides is 1. The average Bonchev–Trinajstić information content (AvgIpc) is 3.06. The molecule has 120 valence electrons. The lowest BCUT2D eigenvalue weighted by Gasteiger charge is -2.20. The average molecular weight is 335 g/mol. The minimum Gasteiger partial charge on any atom is -0.306 e. The van der Waals surface area contributed by atoms with E-state index < -0.39 is 10.0 Å². The van der Waals surface area contributed by atoms with Gasteiger partial charge in [0.1, 0.15) is 4.90 Å². The second-order valence-corrected chi connectivity index (χ2v) is 8.11. The van der Waals surface area contributed by atoms with Gasteiger partial charge < -0.3 is 4.90 Å². The van der Waals surface area contributed by atoms with E-state index in [1.54, 1.807) is 17.9 Å². The molecule has 1 aliphatic heterocycles. The summed E-state index contributed by atoms with van der Waals surface area (Å²) in [5.41, 5.74) is 0. The number of hydrogen-bond donors (Lipinski definition) is 0. The Bertz CT molecular complexity index is 560. The molecule has 1 aliphatic rings. The molecule has 2 heterocycles. The van der Waals surface area contributed by atoms with E-state index in [1.165, 1.54) is 10.5 Å². The molecule has 0 radical (unpaired) electrons. The lowest BCUT2D eigenvalue weighted by molar-refractivity contribution is 0.356. The summed E-state index contributed by atoms with van der Waals surface area (Å²) in [5, 5.41) is 4.09. The van der Waals surface area contributed by atoms with Crippen molar-refractivity contribution in [2.24, 2.45) is 5.92 Å². The molecule has 21 heavy (non-hydrogen) atoms. The van der Waals surface area contributed by atoms with E-state index >= 15 is 0 Å². The minimum atomic E-state index is -3.45. The summed E-state index contributed by atoms with van der Waals surface area (Å²) >= 11 is 5.63. The standard InChI is InChI=1S/C13H23ClN4O2S/c1-16-7-4-12(9-16)10-17(2)21(19,20)13-8-15-18(11-13)6-3-5-14/h8,11-12H,3-7,9-10H2,1-2H3. The van der Waals surface area contributed by atoms with E-state index in [-0.39, 0.29) is 4.90 Å². The molecular formula is C13H23ClN4O2S. The molecule has 0 aromatic carbocycles. The summed E-state index contributed by atoms with van der Waals surface area (Å²) in [5.74, 6) is 0.943. The highest BCUT2D eigenvalue weighted by Crippen LogP contribution is 2.19. The highest BCUT2D eigenvalue weighted by molar-refractivity contribution is 7.89. The smallest absolute Gasteiger partial charge is 0.245 e. The molecule has 0 N–H and O–H groups in total. The van der Waals surface area contributed by atoms with Crippen molar-refractivity contribution in [1.29, 1.82) is 0 Å². The van der Waals surface area contributed by atoms with Crippen molar-refractivity contribution in [2.75, 3.05) is 39.6 Å². The predicted molar refractivity (Wildman–Crippen MR) is 83.0 cm³/mol. The maximum Gasteiger partial charge on any atom is 0.245 e. The maximum absolute atomic E-state index is 12.5. The molecule has 2 rings (SSSR count). The van der Waals surface area contributed by atoms with Crippen molar-refractivity contribution >= 4 is 21.6 Å². The van der Waals surface area contributed by atoms with Crippen LogP contribution in [0.5, 0.6) is 0 Å². The number of aryl methyl sites for hydroxylation is 1. The van der Waals surface area contributed by atoms with Gasteiger partial charge in [0, 0.05) is 38.8 Å². The van der Waals surface area contributed by atoms with Crippen LogP contribution in [-0.4, -0.2) is 67.0 Å². The van der Waals surface area contributed by atoms with Gasteiger partial charge in [-0.05, 0) is 32.4 Å². The van der Waals surface area contributed by atoms with Gasteiger partial charge in [-0.25, -0.2) is 12.7 Å². The summed E-state index contributed by atoms with van der Waals surface area (Å²) in [4.78, 5) is 2.49. The third-order valence-corrected chi connectivity index (χ3v) is 5.89. The molecule has 0 amide bonds. The zero-order valence-electron chi connectivity index (χ0n) is 12.6. The van der Waals surface area contributed by atoms with Gasteiger partial charge in [0.05, 0.1) is 6.20 Å². The molecule has 8 heteroatoms. The molecule has 1 unspecified atom stereocenters. The van der Waals surface area contributed by atoms with Crippen LogP contribution in [0.1, 0.15) is 12.8 Å². The quantitative estimate of drug-likeness (QED) is 0.700. The molecule has 0 bridgehead atoms. The monoisotopic (exact) mass is 334 g/mol. The highest BCUT2D eigenvalue weighted by Gasteiger charge is 2.28. The normalized spacial score (nSPS) is 20.5. The lowest BCUT2D eigenvalue weighted by atomic mass is 10.1. The van der Waals surface area contributed by atoms with Crippen LogP contribution in [0, 0.1) is 5.92 Å². The summed E-state index contributed by atoms with van der Waals surface area (Å²) in [7, 11) is 0.258. The van der Waals surface area contributed by atoms with Crippen molar-refractivity contribution in [3.8, 4) is 0 Å². The fourth-order valence-corrected chi connectivity index (χ4v) is 3.96. The third-order valence-electron chi connectivity index (χ3n) is 3.84. The first kappa shape index (κ1) is 16.7. The van der Waals surface area contributed by atoms with Crippen molar-refractivity contribution in [1.82, 2.24) is 19.0 Å². The van der Waals surface area contributed by atoms with Crippen molar-refractivity contribution < 1.29 is 8.42 Å².